The number of aryl methyl sites for hydroxylation is 1. The molecule has 20 heavy (non-hydrogen) atoms. The van der Waals surface area contributed by atoms with Crippen LogP contribution in [0, 0.1) is 11.3 Å². The van der Waals surface area contributed by atoms with Crippen LogP contribution in [0.25, 0.3) is 0 Å². The van der Waals surface area contributed by atoms with E-state index < -0.39 is 5.97 Å². The van der Waals surface area contributed by atoms with Gasteiger partial charge in [0.25, 0.3) is 0 Å². The topological polar surface area (TPSA) is 64.3 Å². The van der Waals surface area contributed by atoms with E-state index in [1.54, 1.807) is 0 Å². The van der Waals surface area contributed by atoms with Gasteiger partial charge < -0.3 is 5.11 Å². The molecule has 1 atom stereocenters. The van der Waals surface area contributed by atoms with Crippen molar-refractivity contribution in [1.82, 2.24) is 4.90 Å². The average molecular weight is 274 g/mol. The predicted octanol–water partition coefficient (Wildman–Crippen LogP) is 3.00. The molecule has 4 heteroatoms. The molecule has 0 fully saturated rings. The van der Waals surface area contributed by atoms with Gasteiger partial charge in [-0.3, -0.25) is 9.69 Å². The third-order valence-electron chi connectivity index (χ3n) is 3.31. The Hall–Kier alpha value is -1.86. The van der Waals surface area contributed by atoms with Crippen LogP contribution in [0.1, 0.15) is 43.9 Å². The van der Waals surface area contributed by atoms with Crippen molar-refractivity contribution < 1.29 is 9.90 Å². The van der Waals surface area contributed by atoms with Crippen LogP contribution in [0.5, 0.6) is 0 Å². The normalized spacial score (nSPS) is 12.1. The summed E-state index contributed by atoms with van der Waals surface area (Å²) in [6, 6.07) is 9.92. The molecule has 1 aromatic rings. The quantitative estimate of drug-likeness (QED) is 0.791. The molecule has 0 amide bonds. The smallest absolute Gasteiger partial charge is 0.304 e. The van der Waals surface area contributed by atoms with Gasteiger partial charge in [0.15, 0.2) is 0 Å². The number of hydrogen-bond acceptors (Lipinski definition) is 3. The lowest BCUT2D eigenvalue weighted by atomic mass is 10.0. The number of nitrogens with zero attached hydrogens (tertiary/aromatic N) is 2. The van der Waals surface area contributed by atoms with Crippen LogP contribution >= 0.6 is 0 Å². The van der Waals surface area contributed by atoms with E-state index in [1.807, 2.05) is 36.1 Å². The lowest BCUT2D eigenvalue weighted by Gasteiger charge is -2.26. The summed E-state index contributed by atoms with van der Waals surface area (Å²) in [5.41, 5.74) is 2.17. The molecule has 1 unspecified atom stereocenters. The fourth-order valence-electron chi connectivity index (χ4n) is 2.20. The lowest BCUT2D eigenvalue weighted by Crippen LogP contribution is -2.31. The molecule has 0 aliphatic carbocycles. The maximum Gasteiger partial charge on any atom is 0.304 e. The Bertz CT molecular complexity index is 462. The zero-order valence-electron chi connectivity index (χ0n) is 12.2. The van der Waals surface area contributed by atoms with Gasteiger partial charge in [0.2, 0.25) is 0 Å². The van der Waals surface area contributed by atoms with E-state index >= 15 is 0 Å². The van der Waals surface area contributed by atoms with Crippen molar-refractivity contribution in [3.05, 3.63) is 35.4 Å². The van der Waals surface area contributed by atoms with Crippen LogP contribution in [0.3, 0.4) is 0 Å². The van der Waals surface area contributed by atoms with Gasteiger partial charge in [-0.15, -0.1) is 0 Å². The number of hydrogen-bond donors (Lipinski definition) is 1. The van der Waals surface area contributed by atoms with Crippen LogP contribution in [0.15, 0.2) is 24.3 Å². The highest BCUT2D eigenvalue weighted by Crippen LogP contribution is 2.21. The largest absolute Gasteiger partial charge is 0.481 e. The van der Waals surface area contributed by atoms with E-state index in [-0.39, 0.29) is 12.5 Å². The summed E-state index contributed by atoms with van der Waals surface area (Å²) in [5, 5.41) is 18.2. The van der Waals surface area contributed by atoms with E-state index in [9.17, 15) is 10.1 Å². The van der Waals surface area contributed by atoms with E-state index in [4.69, 9.17) is 5.11 Å². The molecule has 0 aliphatic heterocycles. The van der Waals surface area contributed by atoms with Gasteiger partial charge in [0.05, 0.1) is 12.5 Å². The van der Waals surface area contributed by atoms with Gasteiger partial charge in [-0.2, -0.15) is 5.26 Å². The second-order valence-corrected chi connectivity index (χ2v) is 4.81. The average Bonchev–Trinajstić information content (AvgIpc) is 2.46. The lowest BCUT2D eigenvalue weighted by molar-refractivity contribution is -0.137. The second kappa shape index (κ2) is 8.34. The van der Waals surface area contributed by atoms with Crippen LogP contribution < -0.4 is 0 Å². The highest BCUT2D eigenvalue weighted by molar-refractivity contribution is 5.66. The van der Waals surface area contributed by atoms with E-state index in [1.165, 1.54) is 5.56 Å². The standard InChI is InChI=1S/C16H22N2O2/c1-3-10-18(11-9-16(19)20)15(12-17)14-7-5-13(4-2)6-8-14/h5-8,15H,3-4,9-11H2,1-2H3,(H,19,20). The molecule has 0 heterocycles. The van der Waals surface area contributed by atoms with Crippen LogP contribution in [0.4, 0.5) is 0 Å². The zero-order chi connectivity index (χ0) is 15.0. The minimum absolute atomic E-state index is 0.0607. The van der Waals surface area contributed by atoms with Crippen molar-refractivity contribution in [3.63, 3.8) is 0 Å². The minimum Gasteiger partial charge on any atom is -0.481 e. The van der Waals surface area contributed by atoms with Crippen LogP contribution in [-0.4, -0.2) is 29.1 Å². The summed E-state index contributed by atoms with van der Waals surface area (Å²) >= 11 is 0. The number of rotatable bonds is 8. The third kappa shape index (κ3) is 4.67. The molecule has 4 nitrogen and oxygen atoms in total. The number of carboxylic acids is 1. The number of benzene rings is 1. The van der Waals surface area contributed by atoms with Crippen molar-refractivity contribution in [1.29, 1.82) is 5.26 Å². The minimum atomic E-state index is -0.830. The van der Waals surface area contributed by atoms with E-state index in [2.05, 4.69) is 13.0 Å². The first kappa shape index (κ1) is 16.2. The number of nitriles is 1. The Kier molecular flexibility index (Phi) is 6.75. The first-order valence-corrected chi connectivity index (χ1v) is 7.06. The molecule has 1 N–H and O–H groups in total. The first-order valence-electron chi connectivity index (χ1n) is 7.06. The maximum atomic E-state index is 10.7. The van der Waals surface area contributed by atoms with Gasteiger partial charge in [0, 0.05) is 6.54 Å². The molecular formula is C16H22N2O2. The second-order valence-electron chi connectivity index (χ2n) is 4.81. The monoisotopic (exact) mass is 274 g/mol. The van der Waals surface area contributed by atoms with E-state index in [0.717, 1.165) is 24.9 Å². The fraction of sp³-hybridized carbons (Fsp3) is 0.500. The zero-order valence-corrected chi connectivity index (χ0v) is 12.2. The molecule has 0 radical (unpaired) electrons. The maximum absolute atomic E-state index is 10.7. The SMILES string of the molecule is CCCN(CCC(=O)O)C(C#N)c1ccc(CC)cc1. The fourth-order valence-corrected chi connectivity index (χ4v) is 2.20. The summed E-state index contributed by atoms with van der Waals surface area (Å²) in [4.78, 5) is 12.7. The third-order valence-corrected chi connectivity index (χ3v) is 3.31. The Balaban J connectivity index is 2.87. The van der Waals surface area contributed by atoms with Gasteiger partial charge in [-0.05, 0) is 30.5 Å². The van der Waals surface area contributed by atoms with Gasteiger partial charge >= 0.3 is 5.97 Å². The highest BCUT2D eigenvalue weighted by atomic mass is 16.4. The Morgan fingerprint density at radius 3 is 2.40 bits per heavy atom. The molecule has 0 spiro atoms. The van der Waals surface area contributed by atoms with Crippen molar-refractivity contribution in [2.24, 2.45) is 0 Å². The Morgan fingerprint density at radius 1 is 1.30 bits per heavy atom. The number of carbonyl (C=O) groups is 1. The summed E-state index contributed by atoms with van der Waals surface area (Å²) in [6.45, 7) is 5.24. The first-order chi connectivity index (χ1) is 9.62. The van der Waals surface area contributed by atoms with Crippen molar-refractivity contribution in [3.8, 4) is 6.07 Å². The molecule has 0 saturated heterocycles. The highest BCUT2D eigenvalue weighted by Gasteiger charge is 2.19. The molecule has 108 valence electrons. The molecule has 1 aromatic carbocycles. The van der Waals surface area contributed by atoms with Crippen molar-refractivity contribution in [2.45, 2.75) is 39.2 Å². The van der Waals surface area contributed by atoms with Crippen LogP contribution in [0.2, 0.25) is 0 Å². The summed E-state index contributed by atoms with van der Waals surface area (Å²) < 4.78 is 0. The van der Waals surface area contributed by atoms with Crippen LogP contribution in [-0.2, 0) is 11.2 Å². The van der Waals surface area contributed by atoms with Crippen molar-refractivity contribution in [2.75, 3.05) is 13.1 Å². The molecule has 0 saturated carbocycles. The van der Waals surface area contributed by atoms with Gasteiger partial charge in [-0.1, -0.05) is 38.1 Å². The Labute approximate surface area is 120 Å². The van der Waals surface area contributed by atoms with E-state index in [0.29, 0.717) is 6.54 Å². The molecule has 0 aliphatic rings. The predicted molar refractivity (Wildman–Crippen MR) is 78.3 cm³/mol. The summed E-state index contributed by atoms with van der Waals surface area (Å²) in [6.07, 6.45) is 1.92. The molecule has 0 aromatic heterocycles. The number of aliphatic carboxylic acids is 1. The number of carboxylic acid groups (broad SMARTS) is 1. The molecule has 1 rings (SSSR count). The molecular weight excluding hydrogens is 252 g/mol. The summed E-state index contributed by atoms with van der Waals surface area (Å²) in [5.74, 6) is -0.830. The van der Waals surface area contributed by atoms with Gasteiger partial charge in [-0.25, -0.2) is 0 Å². The summed E-state index contributed by atoms with van der Waals surface area (Å²) in [7, 11) is 0. The molecule has 0 bridgehead atoms. The van der Waals surface area contributed by atoms with Crippen molar-refractivity contribution >= 4 is 5.97 Å². The Morgan fingerprint density at radius 2 is 1.95 bits per heavy atom. The van der Waals surface area contributed by atoms with Gasteiger partial charge in [0.1, 0.15) is 6.04 Å².